The van der Waals surface area contributed by atoms with Crippen molar-refractivity contribution in [3.63, 3.8) is 0 Å². The molecular weight excluding hydrogens is 358 g/mol. The van der Waals surface area contributed by atoms with Gasteiger partial charge in [-0.1, -0.05) is 11.6 Å². The van der Waals surface area contributed by atoms with Gasteiger partial charge < -0.3 is 10.2 Å². The number of sulfone groups is 1. The Morgan fingerprint density at radius 3 is 2.45 bits per heavy atom. The molecule has 122 valence electrons. The molecule has 0 aliphatic carbocycles. The van der Waals surface area contributed by atoms with Gasteiger partial charge in [0.25, 0.3) is 0 Å². The third kappa shape index (κ3) is 3.58. The molecule has 1 fully saturated rings. The Morgan fingerprint density at radius 2 is 1.95 bits per heavy atom. The van der Waals surface area contributed by atoms with Crippen LogP contribution in [0.3, 0.4) is 0 Å². The highest BCUT2D eigenvalue weighted by atomic mass is 35.5. The molecule has 1 saturated heterocycles. The van der Waals surface area contributed by atoms with Crippen molar-refractivity contribution in [1.29, 1.82) is 0 Å². The number of aliphatic hydroxyl groups is 1. The van der Waals surface area contributed by atoms with Crippen molar-refractivity contribution in [2.75, 3.05) is 11.5 Å². The summed E-state index contributed by atoms with van der Waals surface area (Å²) in [7, 11) is -7.82. The molecule has 1 aromatic rings. The minimum Gasteiger partial charge on any atom is -0.478 e. The smallest absolute Gasteiger partial charge is 0.335 e. The van der Waals surface area contributed by atoms with Gasteiger partial charge in [-0.2, -0.15) is 0 Å². The van der Waals surface area contributed by atoms with Gasteiger partial charge in [0.05, 0.1) is 34.2 Å². The number of halogens is 1. The highest BCUT2D eigenvalue weighted by molar-refractivity contribution is 7.92. The number of carboxylic acids is 1. The number of aliphatic hydroxyl groups excluding tert-OH is 1. The van der Waals surface area contributed by atoms with Crippen molar-refractivity contribution in [3.8, 4) is 0 Å². The molecule has 2 atom stereocenters. The number of sulfonamides is 1. The molecule has 8 nitrogen and oxygen atoms in total. The van der Waals surface area contributed by atoms with Crippen LogP contribution in [-0.2, 0) is 19.9 Å². The van der Waals surface area contributed by atoms with Gasteiger partial charge in [-0.25, -0.2) is 26.4 Å². The first-order valence-electron chi connectivity index (χ1n) is 5.95. The first kappa shape index (κ1) is 17.2. The van der Waals surface area contributed by atoms with E-state index in [4.69, 9.17) is 16.7 Å². The first-order chi connectivity index (χ1) is 10.0. The lowest BCUT2D eigenvalue weighted by Crippen LogP contribution is -2.42. The van der Waals surface area contributed by atoms with E-state index in [1.165, 1.54) is 0 Å². The molecule has 11 heteroatoms. The van der Waals surface area contributed by atoms with E-state index in [-0.39, 0.29) is 10.6 Å². The molecule has 0 amide bonds. The minimum atomic E-state index is -4.28. The summed E-state index contributed by atoms with van der Waals surface area (Å²) in [5.41, 5.74) is -0.288. The molecule has 0 radical (unpaired) electrons. The van der Waals surface area contributed by atoms with Crippen LogP contribution in [0.15, 0.2) is 23.1 Å². The van der Waals surface area contributed by atoms with Gasteiger partial charge in [0.2, 0.25) is 10.0 Å². The SMILES string of the molecule is O=C(O)c1ccc(Cl)c(S(=O)(=O)N[C@@H]2CS(=O)(=O)C[C@H]2O)c1. The van der Waals surface area contributed by atoms with Crippen molar-refractivity contribution >= 4 is 37.4 Å². The summed E-state index contributed by atoms with van der Waals surface area (Å²) >= 11 is 5.77. The molecule has 22 heavy (non-hydrogen) atoms. The van der Waals surface area contributed by atoms with Gasteiger partial charge in [0.1, 0.15) is 4.90 Å². The summed E-state index contributed by atoms with van der Waals surface area (Å²) in [6.45, 7) is 0. The summed E-state index contributed by atoms with van der Waals surface area (Å²) in [6.07, 6.45) is -1.37. The lowest BCUT2D eigenvalue weighted by molar-refractivity contribution is 0.0696. The average molecular weight is 370 g/mol. The van der Waals surface area contributed by atoms with E-state index in [1.54, 1.807) is 0 Å². The molecule has 2 rings (SSSR count). The lowest BCUT2D eigenvalue weighted by Gasteiger charge is -2.16. The molecule has 0 spiro atoms. The molecule has 0 aromatic heterocycles. The monoisotopic (exact) mass is 369 g/mol. The lowest BCUT2D eigenvalue weighted by atomic mass is 10.2. The zero-order valence-corrected chi connectivity index (χ0v) is 13.3. The average Bonchev–Trinajstić information content (AvgIpc) is 2.61. The Kier molecular flexibility index (Phi) is 4.51. The van der Waals surface area contributed by atoms with Crippen LogP contribution in [0.4, 0.5) is 0 Å². The van der Waals surface area contributed by atoms with Crippen molar-refractivity contribution in [2.24, 2.45) is 0 Å². The van der Waals surface area contributed by atoms with Crippen molar-refractivity contribution in [3.05, 3.63) is 28.8 Å². The van der Waals surface area contributed by atoms with E-state index in [0.29, 0.717) is 0 Å². The quantitative estimate of drug-likeness (QED) is 0.648. The molecule has 1 aliphatic rings. The van der Waals surface area contributed by atoms with Crippen molar-refractivity contribution < 1.29 is 31.8 Å². The van der Waals surface area contributed by atoms with Gasteiger partial charge in [0.15, 0.2) is 9.84 Å². The predicted octanol–water partition coefficient (Wildman–Crippen LogP) is -0.526. The summed E-state index contributed by atoms with van der Waals surface area (Å²) in [5, 5.41) is 18.3. The van der Waals surface area contributed by atoms with E-state index in [9.17, 15) is 26.7 Å². The Balaban J connectivity index is 2.35. The first-order valence-corrected chi connectivity index (χ1v) is 9.64. The summed E-state index contributed by atoms with van der Waals surface area (Å²) in [6, 6.07) is 1.91. The topological polar surface area (TPSA) is 138 Å². The Hall–Kier alpha value is -1.20. The van der Waals surface area contributed by atoms with Crippen LogP contribution in [0.1, 0.15) is 10.4 Å². The van der Waals surface area contributed by atoms with Crippen LogP contribution in [0.5, 0.6) is 0 Å². The van der Waals surface area contributed by atoms with Crippen LogP contribution in [0, 0.1) is 0 Å². The molecule has 1 aromatic carbocycles. The van der Waals surface area contributed by atoms with Gasteiger partial charge in [0, 0.05) is 0 Å². The maximum atomic E-state index is 12.2. The fourth-order valence-corrected chi connectivity index (χ4v) is 5.69. The van der Waals surface area contributed by atoms with Crippen LogP contribution >= 0.6 is 11.6 Å². The zero-order valence-electron chi connectivity index (χ0n) is 10.9. The normalized spacial score (nSPS) is 24.3. The van der Waals surface area contributed by atoms with Gasteiger partial charge in [-0.3, -0.25) is 0 Å². The summed E-state index contributed by atoms with van der Waals surface area (Å²) in [4.78, 5) is 10.4. The van der Waals surface area contributed by atoms with Gasteiger partial charge >= 0.3 is 5.97 Å². The maximum absolute atomic E-state index is 12.2. The van der Waals surface area contributed by atoms with E-state index in [0.717, 1.165) is 18.2 Å². The van der Waals surface area contributed by atoms with Crippen LogP contribution < -0.4 is 4.72 Å². The highest BCUT2D eigenvalue weighted by Gasteiger charge is 2.39. The third-order valence-corrected chi connectivity index (χ3v) is 6.78. The second kappa shape index (κ2) is 5.78. The number of benzene rings is 1. The van der Waals surface area contributed by atoms with Crippen LogP contribution in [-0.4, -0.2) is 56.7 Å². The van der Waals surface area contributed by atoms with Crippen LogP contribution in [0.2, 0.25) is 5.02 Å². The van der Waals surface area contributed by atoms with Crippen LogP contribution in [0.25, 0.3) is 0 Å². The van der Waals surface area contributed by atoms with E-state index in [2.05, 4.69) is 0 Å². The highest BCUT2D eigenvalue weighted by Crippen LogP contribution is 2.24. The fourth-order valence-electron chi connectivity index (χ4n) is 2.05. The predicted molar refractivity (Wildman–Crippen MR) is 77.2 cm³/mol. The molecular formula is C11H12ClNO7S2. The number of carboxylic acid groups (broad SMARTS) is 1. The van der Waals surface area contributed by atoms with Gasteiger partial charge in [-0.15, -0.1) is 0 Å². The molecule has 0 unspecified atom stereocenters. The number of nitrogens with one attached hydrogen (secondary N) is 1. The maximum Gasteiger partial charge on any atom is 0.335 e. The Morgan fingerprint density at radius 1 is 1.32 bits per heavy atom. The Labute approximate surface area is 131 Å². The van der Waals surface area contributed by atoms with Crippen molar-refractivity contribution in [1.82, 2.24) is 4.72 Å². The molecule has 3 N–H and O–H groups in total. The molecule has 1 heterocycles. The summed E-state index contributed by atoms with van der Waals surface area (Å²) < 4.78 is 49.3. The second-order valence-corrected chi connectivity index (χ2v) is 9.07. The van der Waals surface area contributed by atoms with Gasteiger partial charge in [-0.05, 0) is 18.2 Å². The number of rotatable bonds is 4. The number of hydrogen-bond acceptors (Lipinski definition) is 6. The van der Waals surface area contributed by atoms with E-state index >= 15 is 0 Å². The van der Waals surface area contributed by atoms with E-state index in [1.807, 2.05) is 4.72 Å². The number of aromatic carboxylic acids is 1. The standard InChI is InChI=1S/C11H12ClNO7S2/c12-7-2-1-6(11(15)16)3-10(7)22(19,20)13-8-4-21(17,18)5-9(8)14/h1-3,8-9,13-14H,4-5H2,(H,15,16)/t8-,9-/m1/s1. The van der Waals surface area contributed by atoms with E-state index < -0.39 is 54.4 Å². The molecule has 1 aliphatic heterocycles. The third-order valence-electron chi connectivity index (χ3n) is 3.10. The number of carbonyl (C=O) groups is 1. The largest absolute Gasteiger partial charge is 0.478 e. The zero-order chi connectivity index (χ0) is 16.7. The summed E-state index contributed by atoms with van der Waals surface area (Å²) in [5.74, 6) is -2.41. The number of hydrogen-bond donors (Lipinski definition) is 3. The van der Waals surface area contributed by atoms with Crippen molar-refractivity contribution in [2.45, 2.75) is 17.0 Å². The Bertz CT molecular complexity index is 819. The fraction of sp³-hybridized carbons (Fsp3) is 0.364. The minimum absolute atomic E-state index is 0.215. The molecule has 0 saturated carbocycles. The second-order valence-electron chi connectivity index (χ2n) is 4.82. The molecule has 0 bridgehead atoms.